The van der Waals surface area contributed by atoms with Crippen LogP contribution in [0, 0.1) is 0 Å². The highest BCUT2D eigenvalue weighted by atomic mass is 32.2. The number of nitrogens with zero attached hydrogens (tertiary/aromatic N) is 2. The van der Waals surface area contributed by atoms with E-state index >= 15 is 0 Å². The second-order valence-electron chi connectivity index (χ2n) is 8.64. The standard InChI is InChI=1S/C24H28N4O7S4/c1-27-18-13-16(38-35-34-30)6-8-20(18)36-23(27)15-24-28(12-4-2-3-5-22(29)26-11-10-25)19-14-17(39(31,32)33)7-9-21(19)37-24/h6-9,13-15H,2-5,10-12,25H2,1H3,(H2-,26,29,30,31,32,33)/p+1. The summed E-state index contributed by atoms with van der Waals surface area (Å²) in [5, 5.41) is 16.8. The van der Waals surface area contributed by atoms with Crippen molar-refractivity contribution in [2.45, 2.75) is 40.4 Å². The van der Waals surface area contributed by atoms with Crippen molar-refractivity contribution in [2.75, 3.05) is 24.5 Å². The van der Waals surface area contributed by atoms with Gasteiger partial charge in [0.25, 0.3) is 15.1 Å². The highest BCUT2D eigenvalue weighted by Gasteiger charge is 2.29. The van der Waals surface area contributed by atoms with E-state index in [-0.39, 0.29) is 10.8 Å². The molecule has 4 rings (SSSR count). The maximum atomic E-state index is 11.9. The monoisotopic (exact) mass is 613 g/mol. The number of aromatic nitrogens is 1. The quantitative estimate of drug-likeness (QED) is 0.0553. The van der Waals surface area contributed by atoms with Crippen LogP contribution in [0.3, 0.4) is 0 Å². The number of hydrogen-bond acceptors (Lipinski definition) is 11. The number of aryl methyl sites for hydroxylation is 1. The molecule has 2 aromatic carbocycles. The molecule has 0 fully saturated rings. The Kier molecular flexibility index (Phi) is 10.3. The Morgan fingerprint density at radius 1 is 1.23 bits per heavy atom. The van der Waals surface area contributed by atoms with E-state index < -0.39 is 10.1 Å². The SMILES string of the molecule is C[n+]1c(C=C2Sc3ccc(S(=O)(=O)O)cc3N2CCCCCC(=O)NCCN)sc2ccc(SOOO)cc21. The number of rotatable bonds is 13. The normalized spacial score (nSPS) is 14.4. The van der Waals surface area contributed by atoms with E-state index in [9.17, 15) is 17.8 Å². The lowest BCUT2D eigenvalue weighted by molar-refractivity contribution is -0.642. The van der Waals surface area contributed by atoms with Crippen LogP contribution in [0.25, 0.3) is 16.3 Å². The van der Waals surface area contributed by atoms with Gasteiger partial charge in [0.1, 0.15) is 11.7 Å². The van der Waals surface area contributed by atoms with Crippen LogP contribution in [0.2, 0.25) is 0 Å². The molecule has 1 aliphatic heterocycles. The van der Waals surface area contributed by atoms with Gasteiger partial charge >= 0.3 is 0 Å². The fourth-order valence-corrected chi connectivity index (χ4v) is 7.24. The maximum Gasteiger partial charge on any atom is 0.294 e. The van der Waals surface area contributed by atoms with E-state index in [0.717, 1.165) is 61.3 Å². The Morgan fingerprint density at radius 2 is 2.05 bits per heavy atom. The lowest BCUT2D eigenvalue weighted by Gasteiger charge is -2.20. The van der Waals surface area contributed by atoms with Crippen molar-refractivity contribution >= 4 is 73.1 Å². The first-order valence-electron chi connectivity index (χ1n) is 12.0. The van der Waals surface area contributed by atoms with E-state index in [1.807, 2.05) is 29.8 Å². The minimum atomic E-state index is -4.35. The molecule has 0 spiro atoms. The van der Waals surface area contributed by atoms with Crippen LogP contribution in [-0.2, 0) is 31.3 Å². The van der Waals surface area contributed by atoms with Crippen molar-refractivity contribution in [1.82, 2.24) is 5.32 Å². The lowest BCUT2D eigenvalue weighted by atomic mass is 10.1. The topological polar surface area (TPSA) is 155 Å². The summed E-state index contributed by atoms with van der Waals surface area (Å²) in [6.45, 7) is 1.48. The van der Waals surface area contributed by atoms with Gasteiger partial charge in [-0.05, 0) is 43.2 Å². The number of unbranched alkanes of at least 4 members (excludes halogenated alkanes) is 2. The fraction of sp³-hybridized carbons (Fsp3) is 0.333. The lowest BCUT2D eigenvalue weighted by Crippen LogP contribution is -2.29. The zero-order valence-electron chi connectivity index (χ0n) is 21.0. The van der Waals surface area contributed by atoms with Gasteiger partial charge in [-0.3, -0.25) is 9.35 Å². The average Bonchev–Trinajstić information content (AvgIpc) is 3.41. The van der Waals surface area contributed by atoms with Crippen molar-refractivity contribution < 1.29 is 37.0 Å². The Morgan fingerprint density at radius 3 is 2.79 bits per heavy atom. The minimum Gasteiger partial charge on any atom is -0.355 e. The van der Waals surface area contributed by atoms with Crippen LogP contribution < -0.4 is 20.5 Å². The van der Waals surface area contributed by atoms with Crippen LogP contribution in [0.1, 0.15) is 30.7 Å². The number of thioether (sulfide) groups is 1. The summed E-state index contributed by atoms with van der Waals surface area (Å²) in [5.74, 6) is -0.0184. The van der Waals surface area contributed by atoms with Crippen molar-refractivity contribution in [2.24, 2.45) is 12.8 Å². The first-order valence-corrected chi connectivity index (χ1v) is 15.9. The predicted octanol–water partition coefficient (Wildman–Crippen LogP) is 3.95. The smallest absolute Gasteiger partial charge is 0.294 e. The molecule has 1 amide bonds. The van der Waals surface area contributed by atoms with Gasteiger partial charge in [0.05, 0.1) is 33.7 Å². The number of amides is 1. The largest absolute Gasteiger partial charge is 0.355 e. The summed E-state index contributed by atoms with van der Waals surface area (Å²) in [6, 6.07) is 10.3. The fourth-order valence-electron chi connectivity index (χ4n) is 4.10. The molecule has 3 aromatic rings. The van der Waals surface area contributed by atoms with Crippen LogP contribution in [0.15, 0.2) is 56.1 Å². The molecular formula is C24H29N4O7S4+. The van der Waals surface area contributed by atoms with Gasteiger partial charge in [-0.25, -0.2) is 5.26 Å². The zero-order chi connectivity index (χ0) is 28.0. The van der Waals surface area contributed by atoms with E-state index in [0.29, 0.717) is 31.7 Å². The molecule has 0 radical (unpaired) electrons. The van der Waals surface area contributed by atoms with Crippen molar-refractivity contribution in [3.8, 4) is 0 Å². The van der Waals surface area contributed by atoms with Gasteiger partial charge in [0.2, 0.25) is 11.4 Å². The number of nitrogens with two attached hydrogens (primary N) is 1. The van der Waals surface area contributed by atoms with Crippen molar-refractivity contribution in [1.29, 1.82) is 0 Å². The van der Waals surface area contributed by atoms with Gasteiger partial charge in [-0.1, -0.05) is 34.6 Å². The summed E-state index contributed by atoms with van der Waals surface area (Å²) in [5.41, 5.74) is 7.10. The number of benzene rings is 2. The van der Waals surface area contributed by atoms with E-state index in [1.165, 1.54) is 23.9 Å². The Balaban J connectivity index is 1.57. The number of anilines is 1. The molecule has 0 saturated carbocycles. The highest BCUT2D eigenvalue weighted by molar-refractivity contribution is 8.04. The van der Waals surface area contributed by atoms with Crippen LogP contribution in [-0.4, -0.2) is 43.8 Å². The number of carbonyl (C=O) groups is 1. The van der Waals surface area contributed by atoms with Crippen LogP contribution in [0.5, 0.6) is 0 Å². The molecule has 0 saturated heterocycles. The number of nitrogens with one attached hydrogen (secondary N) is 1. The molecule has 5 N–H and O–H groups in total. The Labute approximate surface area is 238 Å². The summed E-state index contributed by atoms with van der Waals surface area (Å²) in [4.78, 5) is 15.4. The molecule has 2 heterocycles. The molecule has 210 valence electrons. The van der Waals surface area contributed by atoms with E-state index in [2.05, 4.69) is 25.7 Å². The number of carbonyl (C=O) groups excluding carboxylic acids is 1. The van der Waals surface area contributed by atoms with Crippen LogP contribution >= 0.6 is 35.1 Å². The molecule has 15 heteroatoms. The Bertz CT molecular complexity index is 1480. The molecule has 1 aromatic heterocycles. The van der Waals surface area contributed by atoms with Gasteiger partial charge in [0.15, 0.2) is 0 Å². The predicted molar refractivity (Wildman–Crippen MR) is 152 cm³/mol. The van der Waals surface area contributed by atoms with Crippen molar-refractivity contribution in [3.05, 3.63) is 46.4 Å². The molecule has 39 heavy (non-hydrogen) atoms. The third-order valence-corrected chi connectivity index (χ3v) is 9.70. The summed E-state index contributed by atoms with van der Waals surface area (Å²) < 4.78 is 40.9. The molecule has 0 bridgehead atoms. The number of hydrogen-bond donors (Lipinski definition) is 4. The van der Waals surface area contributed by atoms with Gasteiger partial charge in [0, 0.05) is 41.9 Å². The average molecular weight is 614 g/mol. The van der Waals surface area contributed by atoms with Crippen molar-refractivity contribution in [3.63, 3.8) is 0 Å². The first kappa shape index (κ1) is 29.8. The van der Waals surface area contributed by atoms with Gasteiger partial charge in [-0.15, -0.1) is 4.33 Å². The maximum absolute atomic E-state index is 11.9. The molecular weight excluding hydrogens is 585 g/mol. The third kappa shape index (κ3) is 7.50. The van der Waals surface area contributed by atoms with E-state index in [1.54, 1.807) is 17.4 Å². The zero-order valence-corrected chi connectivity index (χ0v) is 24.3. The first-order chi connectivity index (χ1) is 18.7. The molecule has 0 unspecified atom stereocenters. The summed E-state index contributed by atoms with van der Waals surface area (Å²) in [7, 11) is -2.40. The minimum absolute atomic E-state index is 0.0184. The van der Waals surface area contributed by atoms with E-state index in [4.69, 9.17) is 11.0 Å². The third-order valence-electron chi connectivity index (χ3n) is 6.00. The number of thiazole rings is 1. The molecule has 0 atom stereocenters. The Hall–Kier alpha value is -2.21. The summed E-state index contributed by atoms with van der Waals surface area (Å²) >= 11 is 4.02. The number of fused-ring (bicyclic) bond motifs is 2. The molecule has 1 aliphatic rings. The second kappa shape index (κ2) is 13.4. The summed E-state index contributed by atoms with van der Waals surface area (Å²) in [6.07, 6.45) is 4.81. The van der Waals surface area contributed by atoms with Crippen LogP contribution in [0.4, 0.5) is 5.69 Å². The highest BCUT2D eigenvalue weighted by Crippen LogP contribution is 2.48. The molecule has 11 nitrogen and oxygen atoms in total. The second-order valence-corrected chi connectivity index (χ2v) is 13.0. The van der Waals surface area contributed by atoms with Gasteiger partial charge < -0.3 is 16.0 Å². The molecule has 0 aliphatic carbocycles. The van der Waals surface area contributed by atoms with Gasteiger partial charge in [-0.2, -0.15) is 13.0 Å².